The highest BCUT2D eigenvalue weighted by molar-refractivity contribution is 6.34. The van der Waals surface area contributed by atoms with Crippen molar-refractivity contribution in [2.75, 3.05) is 19.7 Å². The molecule has 0 aliphatic carbocycles. The standard InChI is InChI=1S/C13H18Cl2N2O2/c1-13(2)8-17(6-10(7-18)19-13)5-9-4-16-12(15)3-11(9)14/h3-4,10,18H,5-8H2,1-2H3. The lowest BCUT2D eigenvalue weighted by Crippen LogP contribution is -2.53. The summed E-state index contributed by atoms with van der Waals surface area (Å²) in [4.78, 5) is 6.26. The van der Waals surface area contributed by atoms with E-state index in [2.05, 4.69) is 9.88 Å². The van der Waals surface area contributed by atoms with Crippen molar-refractivity contribution in [3.63, 3.8) is 0 Å². The highest BCUT2D eigenvalue weighted by Gasteiger charge is 2.33. The number of hydrogen-bond donors (Lipinski definition) is 1. The zero-order valence-electron chi connectivity index (χ0n) is 11.1. The van der Waals surface area contributed by atoms with E-state index in [1.54, 1.807) is 12.3 Å². The Bertz CT molecular complexity index is 454. The van der Waals surface area contributed by atoms with Crippen LogP contribution < -0.4 is 0 Å². The first kappa shape index (κ1) is 15.0. The minimum absolute atomic E-state index is 0.0204. The third kappa shape index (κ3) is 4.04. The van der Waals surface area contributed by atoms with E-state index < -0.39 is 0 Å². The van der Waals surface area contributed by atoms with Crippen LogP contribution in [0, 0.1) is 0 Å². The molecule has 1 aromatic rings. The van der Waals surface area contributed by atoms with Gasteiger partial charge in [0.25, 0.3) is 0 Å². The largest absolute Gasteiger partial charge is 0.394 e. The molecule has 6 heteroatoms. The molecule has 0 amide bonds. The highest BCUT2D eigenvalue weighted by Crippen LogP contribution is 2.25. The van der Waals surface area contributed by atoms with E-state index in [-0.39, 0.29) is 18.3 Å². The third-order valence-electron chi connectivity index (χ3n) is 3.05. The molecule has 106 valence electrons. The van der Waals surface area contributed by atoms with Gasteiger partial charge in [-0.25, -0.2) is 4.98 Å². The lowest BCUT2D eigenvalue weighted by atomic mass is 10.0. The van der Waals surface area contributed by atoms with Crippen molar-refractivity contribution in [3.8, 4) is 0 Å². The molecule has 2 heterocycles. The van der Waals surface area contributed by atoms with Crippen LogP contribution in [0.2, 0.25) is 10.2 Å². The van der Waals surface area contributed by atoms with Gasteiger partial charge in [-0.3, -0.25) is 4.90 Å². The number of ether oxygens (including phenoxy) is 1. The Morgan fingerprint density at radius 3 is 2.89 bits per heavy atom. The minimum Gasteiger partial charge on any atom is -0.394 e. The van der Waals surface area contributed by atoms with Crippen molar-refractivity contribution >= 4 is 23.2 Å². The van der Waals surface area contributed by atoms with Gasteiger partial charge in [0.05, 0.1) is 18.3 Å². The molecule has 1 unspecified atom stereocenters. The van der Waals surface area contributed by atoms with Crippen molar-refractivity contribution in [2.45, 2.75) is 32.1 Å². The summed E-state index contributed by atoms with van der Waals surface area (Å²) < 4.78 is 5.78. The summed E-state index contributed by atoms with van der Waals surface area (Å²) in [5.41, 5.74) is 0.651. The predicted octanol–water partition coefficient (Wildman–Crippen LogP) is 2.36. The van der Waals surface area contributed by atoms with Gasteiger partial charge in [0.15, 0.2) is 0 Å². The second-order valence-electron chi connectivity index (χ2n) is 5.45. The summed E-state index contributed by atoms with van der Waals surface area (Å²) in [6.45, 7) is 6.19. The van der Waals surface area contributed by atoms with Crippen LogP contribution in [-0.2, 0) is 11.3 Å². The minimum atomic E-state index is -0.280. The molecule has 0 radical (unpaired) electrons. The van der Waals surface area contributed by atoms with E-state index in [1.165, 1.54) is 0 Å². The first-order valence-electron chi connectivity index (χ1n) is 6.20. The fourth-order valence-electron chi connectivity index (χ4n) is 2.43. The molecule has 1 N–H and O–H groups in total. The Labute approximate surface area is 123 Å². The smallest absolute Gasteiger partial charge is 0.130 e. The molecule has 0 saturated carbocycles. The molecule has 0 bridgehead atoms. The number of rotatable bonds is 3. The topological polar surface area (TPSA) is 45.6 Å². The maximum atomic E-state index is 9.29. The molecule has 1 saturated heterocycles. The van der Waals surface area contributed by atoms with Gasteiger partial charge >= 0.3 is 0 Å². The molecular formula is C13H18Cl2N2O2. The van der Waals surface area contributed by atoms with Crippen LogP contribution >= 0.6 is 23.2 Å². The van der Waals surface area contributed by atoms with E-state index in [4.69, 9.17) is 27.9 Å². The number of aliphatic hydroxyl groups excluding tert-OH is 1. The second-order valence-corrected chi connectivity index (χ2v) is 6.24. The van der Waals surface area contributed by atoms with E-state index in [1.807, 2.05) is 13.8 Å². The fraction of sp³-hybridized carbons (Fsp3) is 0.615. The van der Waals surface area contributed by atoms with Crippen LogP contribution in [0.5, 0.6) is 0 Å². The first-order valence-corrected chi connectivity index (χ1v) is 6.96. The zero-order chi connectivity index (χ0) is 14.0. The zero-order valence-corrected chi connectivity index (χ0v) is 12.6. The molecule has 0 aromatic carbocycles. The van der Waals surface area contributed by atoms with Gasteiger partial charge in [0.2, 0.25) is 0 Å². The molecule has 4 nitrogen and oxygen atoms in total. The van der Waals surface area contributed by atoms with Gasteiger partial charge in [0.1, 0.15) is 5.15 Å². The SMILES string of the molecule is CC1(C)CN(Cc2cnc(Cl)cc2Cl)CC(CO)O1. The molecule has 1 aromatic heterocycles. The summed E-state index contributed by atoms with van der Waals surface area (Å²) >= 11 is 11.9. The van der Waals surface area contributed by atoms with Gasteiger partial charge in [-0.1, -0.05) is 23.2 Å². The van der Waals surface area contributed by atoms with Crippen molar-refractivity contribution < 1.29 is 9.84 Å². The Balaban J connectivity index is 2.09. The summed E-state index contributed by atoms with van der Waals surface area (Å²) in [6, 6.07) is 1.65. The molecule has 1 aliphatic heterocycles. The molecular weight excluding hydrogens is 287 g/mol. The Morgan fingerprint density at radius 1 is 1.53 bits per heavy atom. The van der Waals surface area contributed by atoms with Gasteiger partial charge in [-0.15, -0.1) is 0 Å². The van der Waals surface area contributed by atoms with Gasteiger partial charge < -0.3 is 9.84 Å². The second kappa shape index (κ2) is 5.94. The number of nitrogens with zero attached hydrogens (tertiary/aromatic N) is 2. The number of morpholine rings is 1. The average Bonchev–Trinajstić information content (AvgIpc) is 2.31. The third-order valence-corrected chi connectivity index (χ3v) is 3.60. The normalized spacial score (nSPS) is 23.5. The maximum absolute atomic E-state index is 9.29. The average molecular weight is 305 g/mol. The molecule has 1 fully saturated rings. The number of pyridine rings is 1. The summed E-state index contributed by atoms with van der Waals surface area (Å²) in [5, 5.41) is 10.3. The fourth-order valence-corrected chi connectivity index (χ4v) is 2.85. The quantitative estimate of drug-likeness (QED) is 0.871. The van der Waals surface area contributed by atoms with Gasteiger partial charge in [-0.05, 0) is 19.9 Å². The number of aliphatic hydroxyl groups is 1. The number of hydrogen-bond acceptors (Lipinski definition) is 4. The molecule has 0 spiro atoms. The summed E-state index contributed by atoms with van der Waals surface area (Å²) in [6.07, 6.45) is 1.53. The van der Waals surface area contributed by atoms with Crippen LogP contribution in [0.4, 0.5) is 0 Å². The van der Waals surface area contributed by atoms with Crippen molar-refractivity contribution in [1.82, 2.24) is 9.88 Å². The van der Waals surface area contributed by atoms with Gasteiger partial charge in [-0.2, -0.15) is 0 Å². The van der Waals surface area contributed by atoms with Crippen LogP contribution in [0.3, 0.4) is 0 Å². The van der Waals surface area contributed by atoms with E-state index in [0.717, 1.165) is 12.1 Å². The molecule has 1 aliphatic rings. The lowest BCUT2D eigenvalue weighted by molar-refractivity contribution is -0.150. The summed E-state index contributed by atoms with van der Waals surface area (Å²) in [7, 11) is 0. The van der Waals surface area contributed by atoms with E-state index in [9.17, 15) is 5.11 Å². The van der Waals surface area contributed by atoms with Crippen molar-refractivity contribution in [1.29, 1.82) is 0 Å². The van der Waals surface area contributed by atoms with Crippen molar-refractivity contribution in [3.05, 3.63) is 28.0 Å². The van der Waals surface area contributed by atoms with Crippen LogP contribution in [0.1, 0.15) is 19.4 Å². The van der Waals surface area contributed by atoms with E-state index in [0.29, 0.717) is 23.3 Å². The van der Waals surface area contributed by atoms with E-state index >= 15 is 0 Å². The Kier molecular flexibility index (Phi) is 4.69. The molecule has 1 atom stereocenters. The van der Waals surface area contributed by atoms with Crippen LogP contribution in [0.15, 0.2) is 12.3 Å². The lowest BCUT2D eigenvalue weighted by Gasteiger charge is -2.42. The predicted molar refractivity (Wildman–Crippen MR) is 75.6 cm³/mol. The maximum Gasteiger partial charge on any atom is 0.130 e. The van der Waals surface area contributed by atoms with Crippen LogP contribution in [0.25, 0.3) is 0 Å². The van der Waals surface area contributed by atoms with Crippen LogP contribution in [-0.4, -0.2) is 46.4 Å². The summed E-state index contributed by atoms with van der Waals surface area (Å²) in [5.74, 6) is 0. The number of aromatic nitrogens is 1. The Morgan fingerprint density at radius 2 is 2.26 bits per heavy atom. The first-order chi connectivity index (χ1) is 8.89. The monoisotopic (exact) mass is 304 g/mol. The van der Waals surface area contributed by atoms with Crippen molar-refractivity contribution in [2.24, 2.45) is 0 Å². The Hall–Kier alpha value is -0.390. The number of halogens is 2. The molecule has 19 heavy (non-hydrogen) atoms. The molecule has 2 rings (SSSR count). The highest BCUT2D eigenvalue weighted by atomic mass is 35.5. The van der Waals surface area contributed by atoms with Gasteiger partial charge in [0, 0.05) is 36.4 Å².